The summed E-state index contributed by atoms with van der Waals surface area (Å²) < 4.78 is 11.5. The summed E-state index contributed by atoms with van der Waals surface area (Å²) in [5.74, 6) is 0.666. The van der Waals surface area contributed by atoms with Gasteiger partial charge in [0.1, 0.15) is 17.9 Å². The van der Waals surface area contributed by atoms with Crippen molar-refractivity contribution in [2.75, 3.05) is 5.75 Å². The Kier molecular flexibility index (Phi) is 6.08. The van der Waals surface area contributed by atoms with Gasteiger partial charge in [-0.25, -0.2) is 10.4 Å². The third kappa shape index (κ3) is 5.07. The fourth-order valence-corrected chi connectivity index (χ4v) is 3.94. The number of hydrazone groups is 1. The summed E-state index contributed by atoms with van der Waals surface area (Å²) in [7, 11) is 0. The van der Waals surface area contributed by atoms with Crippen molar-refractivity contribution in [2.45, 2.75) is 11.8 Å². The number of H-pyrrole nitrogens is 1. The summed E-state index contributed by atoms with van der Waals surface area (Å²) in [5.41, 5.74) is 6.93. The fraction of sp³-hybridized carbons (Fsp3) is 0.0800. The molecule has 0 unspecified atom stereocenters. The number of hydrogen-bond acceptors (Lipinski definition) is 6. The summed E-state index contributed by atoms with van der Waals surface area (Å²) in [6.07, 6.45) is 3.45. The lowest BCUT2D eigenvalue weighted by Crippen LogP contribution is -2.19. The first-order valence-electron chi connectivity index (χ1n) is 10.3. The number of fused-ring (bicyclic) bond motifs is 2. The van der Waals surface area contributed by atoms with Crippen LogP contribution in [-0.4, -0.2) is 27.8 Å². The zero-order valence-corrected chi connectivity index (χ0v) is 18.3. The fourth-order valence-electron chi connectivity index (χ4n) is 3.30. The van der Waals surface area contributed by atoms with Crippen LogP contribution in [0.15, 0.2) is 93.7 Å². The van der Waals surface area contributed by atoms with E-state index in [-0.39, 0.29) is 11.7 Å². The van der Waals surface area contributed by atoms with E-state index in [0.717, 1.165) is 33.3 Å². The van der Waals surface area contributed by atoms with Crippen LogP contribution in [0.25, 0.3) is 22.0 Å². The van der Waals surface area contributed by atoms with E-state index < -0.39 is 0 Å². The Bertz CT molecular complexity index is 1390. The number of carbonyl (C=O) groups is 1. The molecule has 7 nitrogen and oxygen atoms in total. The largest absolute Gasteiger partial charge is 0.489 e. The van der Waals surface area contributed by atoms with Crippen LogP contribution in [0.5, 0.6) is 5.75 Å². The lowest BCUT2D eigenvalue weighted by molar-refractivity contribution is -0.118. The minimum Gasteiger partial charge on any atom is -0.489 e. The number of rotatable bonds is 8. The smallest absolute Gasteiger partial charge is 0.257 e. The minimum atomic E-state index is -0.245. The van der Waals surface area contributed by atoms with Crippen LogP contribution in [0.3, 0.4) is 0 Å². The maximum absolute atomic E-state index is 12.2. The Balaban J connectivity index is 1.18. The molecule has 5 rings (SSSR count). The van der Waals surface area contributed by atoms with Crippen LogP contribution in [0.1, 0.15) is 11.1 Å². The Morgan fingerprint density at radius 3 is 2.85 bits per heavy atom. The van der Waals surface area contributed by atoms with Gasteiger partial charge in [-0.2, -0.15) is 5.10 Å². The summed E-state index contributed by atoms with van der Waals surface area (Å²) in [4.78, 5) is 19.7. The van der Waals surface area contributed by atoms with E-state index >= 15 is 0 Å². The summed E-state index contributed by atoms with van der Waals surface area (Å²) in [6.45, 7) is 0.494. The molecule has 2 heterocycles. The second-order valence-corrected chi connectivity index (χ2v) is 8.18. The molecule has 5 aromatic rings. The van der Waals surface area contributed by atoms with Crippen LogP contribution >= 0.6 is 11.8 Å². The first kappa shape index (κ1) is 20.8. The molecule has 8 heteroatoms. The van der Waals surface area contributed by atoms with E-state index in [9.17, 15) is 4.79 Å². The monoisotopic (exact) mass is 456 g/mol. The number of ether oxygens (including phenoxy) is 1. The number of amides is 1. The average molecular weight is 457 g/mol. The van der Waals surface area contributed by atoms with Crippen LogP contribution in [0.2, 0.25) is 0 Å². The maximum atomic E-state index is 12.2. The molecule has 0 saturated carbocycles. The van der Waals surface area contributed by atoms with E-state index in [0.29, 0.717) is 17.4 Å². The number of hydrogen-bond donors (Lipinski definition) is 2. The number of aromatic nitrogens is 2. The lowest BCUT2D eigenvalue weighted by atomic mass is 10.2. The van der Waals surface area contributed by atoms with Gasteiger partial charge in [-0.3, -0.25) is 4.79 Å². The highest BCUT2D eigenvalue weighted by Crippen LogP contribution is 2.24. The predicted molar refractivity (Wildman–Crippen MR) is 130 cm³/mol. The van der Waals surface area contributed by atoms with Gasteiger partial charge in [0, 0.05) is 22.7 Å². The molecular formula is C25H20N4O3S. The van der Waals surface area contributed by atoms with Gasteiger partial charge in [0.2, 0.25) is 0 Å². The minimum absolute atomic E-state index is 0.148. The van der Waals surface area contributed by atoms with Crippen molar-refractivity contribution in [3.63, 3.8) is 0 Å². The van der Waals surface area contributed by atoms with Gasteiger partial charge >= 0.3 is 0 Å². The Morgan fingerprint density at radius 1 is 1.12 bits per heavy atom. The number of oxazole rings is 1. The topological polar surface area (TPSA) is 92.5 Å². The molecule has 0 radical (unpaired) electrons. The standard InChI is InChI=1S/C25H20N4O3S/c30-24(16-33-25-28-22-8-4-5-9-23(22)32-25)29-27-14-18-13-26-21-11-10-19(12-20(18)21)31-15-17-6-2-1-3-7-17/h1-14,26H,15-16H2,(H,29,30). The maximum Gasteiger partial charge on any atom is 0.257 e. The Labute approximate surface area is 193 Å². The Hall–Kier alpha value is -4.04. The number of para-hydroxylation sites is 2. The van der Waals surface area contributed by atoms with Crippen molar-refractivity contribution in [3.05, 3.63) is 90.1 Å². The first-order valence-corrected chi connectivity index (χ1v) is 11.3. The second-order valence-electron chi connectivity index (χ2n) is 7.26. The summed E-state index contributed by atoms with van der Waals surface area (Å²) in [5, 5.41) is 5.50. The van der Waals surface area contributed by atoms with Gasteiger partial charge in [-0.05, 0) is 35.9 Å². The van der Waals surface area contributed by atoms with Crippen molar-refractivity contribution in [3.8, 4) is 5.75 Å². The molecule has 0 aliphatic rings. The van der Waals surface area contributed by atoms with E-state index in [2.05, 4.69) is 20.5 Å². The molecule has 0 aliphatic carbocycles. The van der Waals surface area contributed by atoms with Crippen molar-refractivity contribution in [1.29, 1.82) is 0 Å². The highest BCUT2D eigenvalue weighted by Gasteiger charge is 2.09. The van der Waals surface area contributed by atoms with Crippen molar-refractivity contribution in [2.24, 2.45) is 5.10 Å². The summed E-state index contributed by atoms with van der Waals surface area (Å²) in [6, 6.07) is 23.3. The van der Waals surface area contributed by atoms with Crippen LogP contribution in [0.4, 0.5) is 0 Å². The zero-order valence-electron chi connectivity index (χ0n) is 17.5. The SMILES string of the molecule is O=C(CSc1nc2ccccc2o1)NN=Cc1c[nH]c2ccc(OCc3ccccc3)cc12. The molecule has 0 bridgehead atoms. The molecular weight excluding hydrogens is 436 g/mol. The van der Waals surface area contributed by atoms with Gasteiger partial charge < -0.3 is 14.1 Å². The lowest BCUT2D eigenvalue weighted by Gasteiger charge is -2.06. The molecule has 0 atom stereocenters. The predicted octanol–water partition coefficient (Wildman–Crippen LogP) is 5.13. The molecule has 2 N–H and O–H groups in total. The van der Waals surface area contributed by atoms with E-state index in [1.807, 2.05) is 79.0 Å². The average Bonchev–Trinajstić information content (AvgIpc) is 3.45. The number of carbonyl (C=O) groups excluding carboxylic acids is 1. The van der Waals surface area contributed by atoms with Gasteiger partial charge in [0.05, 0.1) is 12.0 Å². The first-order chi connectivity index (χ1) is 16.2. The van der Waals surface area contributed by atoms with Crippen molar-refractivity contribution < 1.29 is 13.9 Å². The molecule has 0 spiro atoms. The quantitative estimate of drug-likeness (QED) is 0.192. The van der Waals surface area contributed by atoms with Crippen molar-refractivity contribution in [1.82, 2.24) is 15.4 Å². The summed E-state index contributed by atoms with van der Waals surface area (Å²) >= 11 is 1.22. The van der Waals surface area contributed by atoms with Crippen LogP contribution in [0, 0.1) is 0 Å². The number of thioether (sulfide) groups is 1. The Morgan fingerprint density at radius 2 is 1.97 bits per heavy atom. The van der Waals surface area contributed by atoms with Crippen molar-refractivity contribution >= 4 is 45.9 Å². The second kappa shape index (κ2) is 9.62. The molecule has 2 aromatic heterocycles. The molecule has 1 amide bonds. The van der Waals surface area contributed by atoms with Crippen LogP contribution in [-0.2, 0) is 11.4 Å². The highest BCUT2D eigenvalue weighted by molar-refractivity contribution is 7.99. The van der Waals surface area contributed by atoms with E-state index in [4.69, 9.17) is 9.15 Å². The molecule has 0 aliphatic heterocycles. The molecule has 0 fully saturated rings. The number of nitrogens with one attached hydrogen (secondary N) is 2. The normalized spacial score (nSPS) is 11.4. The van der Waals surface area contributed by atoms with Gasteiger partial charge in [-0.15, -0.1) is 0 Å². The molecule has 164 valence electrons. The van der Waals surface area contributed by atoms with Crippen LogP contribution < -0.4 is 10.2 Å². The van der Waals surface area contributed by atoms with Gasteiger partial charge in [0.15, 0.2) is 5.58 Å². The molecule has 33 heavy (non-hydrogen) atoms. The third-order valence-electron chi connectivity index (χ3n) is 4.93. The number of nitrogens with zero attached hydrogens (tertiary/aromatic N) is 2. The van der Waals surface area contributed by atoms with E-state index in [1.165, 1.54) is 11.8 Å². The van der Waals surface area contributed by atoms with Gasteiger partial charge in [-0.1, -0.05) is 54.2 Å². The van der Waals surface area contributed by atoms with E-state index in [1.54, 1.807) is 6.21 Å². The number of benzene rings is 3. The zero-order chi connectivity index (χ0) is 22.5. The molecule has 0 saturated heterocycles. The highest BCUT2D eigenvalue weighted by atomic mass is 32.2. The molecule has 3 aromatic carbocycles. The van der Waals surface area contributed by atoms with Gasteiger partial charge in [0.25, 0.3) is 11.1 Å². The number of aromatic amines is 1. The third-order valence-corrected chi connectivity index (χ3v) is 5.76.